The molecule has 20 heavy (non-hydrogen) atoms. The fourth-order valence-electron chi connectivity index (χ4n) is 1.71. The summed E-state index contributed by atoms with van der Waals surface area (Å²) >= 11 is 6.07. The summed E-state index contributed by atoms with van der Waals surface area (Å²) in [4.78, 5) is 12.8. The first-order valence-electron chi connectivity index (χ1n) is 5.98. The van der Waals surface area contributed by atoms with Gasteiger partial charge in [-0.25, -0.2) is 0 Å². The molecule has 0 bridgehead atoms. The van der Waals surface area contributed by atoms with Crippen LogP contribution in [0.5, 0.6) is 0 Å². The van der Waals surface area contributed by atoms with Gasteiger partial charge in [-0.1, -0.05) is 17.7 Å². The average Bonchev–Trinajstić information content (AvgIpc) is 2.42. The molecule has 5 heteroatoms. The number of rotatable bonds is 3. The summed E-state index contributed by atoms with van der Waals surface area (Å²) < 4.78 is 11.3. The smallest absolute Gasteiger partial charge is 0.255 e. The number of hydrogen-bond acceptors (Lipinski definition) is 2. The molecule has 2 aromatic rings. The lowest BCUT2D eigenvalue weighted by molar-refractivity contribution is 0.102. The zero-order chi connectivity index (χ0) is 14.7. The minimum Gasteiger partial charge on any atom is -0.321 e. The Morgan fingerprint density at radius 2 is 1.80 bits per heavy atom. The van der Waals surface area contributed by atoms with Crippen LogP contribution in [0.4, 0.5) is 5.69 Å². The molecular weight excluding hydrogens is 294 g/mol. The number of carbonyl (C=O) groups is 1. The standard InChI is InChI=1S/C15H14ClNO2S/c1-10-3-8-14(13(16)9-10)17-15(18)11-4-6-12(7-5-11)20(2)19/h3-9H,1-2H3,(H,17,18). The Morgan fingerprint density at radius 3 is 2.35 bits per heavy atom. The Balaban J connectivity index is 2.17. The molecule has 2 rings (SSSR count). The van der Waals surface area contributed by atoms with Crippen molar-refractivity contribution in [3.05, 3.63) is 58.6 Å². The molecule has 0 saturated heterocycles. The van der Waals surface area contributed by atoms with E-state index in [-0.39, 0.29) is 5.91 Å². The lowest BCUT2D eigenvalue weighted by atomic mass is 10.2. The van der Waals surface area contributed by atoms with Crippen LogP contribution in [-0.2, 0) is 10.8 Å². The van der Waals surface area contributed by atoms with Gasteiger partial charge in [0.1, 0.15) is 0 Å². The third kappa shape index (κ3) is 3.46. The van der Waals surface area contributed by atoms with Crippen molar-refractivity contribution in [3.63, 3.8) is 0 Å². The van der Waals surface area contributed by atoms with Crippen LogP contribution >= 0.6 is 11.6 Å². The summed E-state index contributed by atoms with van der Waals surface area (Å²) in [6.07, 6.45) is 1.60. The molecule has 1 N–H and O–H groups in total. The highest BCUT2D eigenvalue weighted by molar-refractivity contribution is 7.84. The van der Waals surface area contributed by atoms with Crippen molar-refractivity contribution in [1.29, 1.82) is 0 Å². The topological polar surface area (TPSA) is 46.2 Å². The van der Waals surface area contributed by atoms with E-state index in [0.717, 1.165) is 5.56 Å². The van der Waals surface area contributed by atoms with Crippen molar-refractivity contribution < 1.29 is 9.00 Å². The average molecular weight is 308 g/mol. The van der Waals surface area contributed by atoms with Crippen molar-refractivity contribution in [3.8, 4) is 0 Å². The molecule has 1 unspecified atom stereocenters. The number of nitrogens with one attached hydrogen (secondary N) is 1. The van der Waals surface area contributed by atoms with Crippen molar-refractivity contribution in [2.24, 2.45) is 0 Å². The van der Waals surface area contributed by atoms with Crippen LogP contribution in [-0.4, -0.2) is 16.4 Å². The van der Waals surface area contributed by atoms with E-state index in [0.29, 0.717) is 21.2 Å². The van der Waals surface area contributed by atoms with Gasteiger partial charge in [-0.05, 0) is 48.9 Å². The molecule has 2 aromatic carbocycles. The number of aryl methyl sites for hydroxylation is 1. The molecule has 1 amide bonds. The lowest BCUT2D eigenvalue weighted by Gasteiger charge is -2.08. The highest BCUT2D eigenvalue weighted by Crippen LogP contribution is 2.23. The second-order valence-electron chi connectivity index (χ2n) is 4.42. The van der Waals surface area contributed by atoms with Crippen LogP contribution in [0, 0.1) is 6.92 Å². The van der Waals surface area contributed by atoms with Crippen LogP contribution < -0.4 is 5.32 Å². The van der Waals surface area contributed by atoms with E-state index in [1.807, 2.05) is 13.0 Å². The molecule has 0 spiro atoms. The van der Waals surface area contributed by atoms with Crippen molar-refractivity contribution in [1.82, 2.24) is 0 Å². The van der Waals surface area contributed by atoms with Crippen molar-refractivity contribution >= 4 is 34.0 Å². The van der Waals surface area contributed by atoms with Crippen LogP contribution in [0.2, 0.25) is 5.02 Å². The molecule has 1 atom stereocenters. The molecule has 0 aliphatic carbocycles. The SMILES string of the molecule is Cc1ccc(NC(=O)c2ccc(S(C)=O)cc2)c(Cl)c1. The summed E-state index contributed by atoms with van der Waals surface area (Å²) in [6.45, 7) is 1.93. The summed E-state index contributed by atoms with van der Waals surface area (Å²) in [5.74, 6) is -0.246. The van der Waals surface area contributed by atoms with Gasteiger partial charge in [0, 0.05) is 27.5 Å². The van der Waals surface area contributed by atoms with Crippen LogP contribution in [0.15, 0.2) is 47.4 Å². The van der Waals surface area contributed by atoms with Gasteiger partial charge >= 0.3 is 0 Å². The van der Waals surface area contributed by atoms with E-state index >= 15 is 0 Å². The molecule has 0 saturated carbocycles. The first kappa shape index (κ1) is 14.8. The zero-order valence-corrected chi connectivity index (χ0v) is 12.7. The van der Waals surface area contributed by atoms with Gasteiger partial charge in [-0.15, -0.1) is 0 Å². The second-order valence-corrected chi connectivity index (χ2v) is 6.20. The Bertz CT molecular complexity index is 668. The summed E-state index contributed by atoms with van der Waals surface area (Å²) in [6, 6.07) is 12.1. The zero-order valence-electron chi connectivity index (χ0n) is 11.1. The highest BCUT2D eigenvalue weighted by Gasteiger charge is 2.09. The predicted octanol–water partition coefficient (Wildman–Crippen LogP) is 3.64. The van der Waals surface area contributed by atoms with E-state index in [4.69, 9.17) is 11.6 Å². The number of carbonyl (C=O) groups excluding carboxylic acids is 1. The van der Waals surface area contributed by atoms with Gasteiger partial charge in [0.05, 0.1) is 10.7 Å². The van der Waals surface area contributed by atoms with Crippen molar-refractivity contribution in [2.45, 2.75) is 11.8 Å². The normalized spacial score (nSPS) is 11.9. The van der Waals surface area contributed by atoms with Crippen LogP contribution in [0.25, 0.3) is 0 Å². The Kier molecular flexibility index (Phi) is 4.57. The Morgan fingerprint density at radius 1 is 1.15 bits per heavy atom. The van der Waals surface area contributed by atoms with Crippen LogP contribution in [0.1, 0.15) is 15.9 Å². The van der Waals surface area contributed by atoms with Crippen LogP contribution in [0.3, 0.4) is 0 Å². The maximum atomic E-state index is 12.1. The van der Waals surface area contributed by atoms with Gasteiger partial charge in [0.25, 0.3) is 5.91 Å². The Hall–Kier alpha value is -1.65. The van der Waals surface area contributed by atoms with Gasteiger partial charge in [-0.2, -0.15) is 0 Å². The van der Waals surface area contributed by atoms with Crippen molar-refractivity contribution in [2.75, 3.05) is 11.6 Å². The largest absolute Gasteiger partial charge is 0.321 e. The molecule has 0 aliphatic rings. The molecule has 0 heterocycles. The summed E-state index contributed by atoms with van der Waals surface area (Å²) in [7, 11) is -1.05. The molecule has 104 valence electrons. The predicted molar refractivity (Wildman–Crippen MR) is 82.9 cm³/mol. The maximum absolute atomic E-state index is 12.1. The molecule has 3 nitrogen and oxygen atoms in total. The number of amides is 1. The third-order valence-electron chi connectivity index (χ3n) is 2.82. The number of benzene rings is 2. The fraction of sp³-hybridized carbons (Fsp3) is 0.133. The van der Waals surface area contributed by atoms with E-state index in [2.05, 4.69) is 5.32 Å². The second kappa shape index (κ2) is 6.20. The molecular formula is C15H14ClNO2S. The van der Waals surface area contributed by atoms with E-state index in [1.54, 1.807) is 42.7 Å². The van der Waals surface area contributed by atoms with Gasteiger partial charge in [0.15, 0.2) is 0 Å². The summed E-state index contributed by atoms with van der Waals surface area (Å²) in [5.41, 5.74) is 2.10. The Labute approximate surface area is 125 Å². The quantitative estimate of drug-likeness (QED) is 0.941. The molecule has 0 radical (unpaired) electrons. The first-order chi connectivity index (χ1) is 9.47. The van der Waals surface area contributed by atoms with E-state index in [9.17, 15) is 9.00 Å². The monoisotopic (exact) mass is 307 g/mol. The maximum Gasteiger partial charge on any atom is 0.255 e. The first-order valence-corrected chi connectivity index (χ1v) is 7.92. The number of anilines is 1. The molecule has 0 aliphatic heterocycles. The lowest BCUT2D eigenvalue weighted by Crippen LogP contribution is -2.12. The van der Waals surface area contributed by atoms with Gasteiger partial charge in [0.2, 0.25) is 0 Å². The fourth-order valence-corrected chi connectivity index (χ4v) is 2.52. The van der Waals surface area contributed by atoms with Gasteiger partial charge in [-0.3, -0.25) is 9.00 Å². The molecule has 0 aromatic heterocycles. The van der Waals surface area contributed by atoms with E-state index in [1.165, 1.54) is 0 Å². The third-order valence-corrected chi connectivity index (χ3v) is 4.07. The molecule has 0 fully saturated rings. The minimum absolute atomic E-state index is 0.246. The number of halogens is 1. The summed E-state index contributed by atoms with van der Waals surface area (Å²) in [5, 5.41) is 3.26. The van der Waals surface area contributed by atoms with Gasteiger partial charge < -0.3 is 5.32 Å². The van der Waals surface area contributed by atoms with E-state index < -0.39 is 10.8 Å². The number of hydrogen-bond donors (Lipinski definition) is 1. The highest BCUT2D eigenvalue weighted by atomic mass is 35.5. The minimum atomic E-state index is -1.05.